The molecule has 3 heterocycles. The maximum Gasteiger partial charge on any atom is 0.334 e. The van der Waals surface area contributed by atoms with Crippen LogP contribution in [-0.4, -0.2) is 32.4 Å². The first-order chi connectivity index (χ1) is 11.6. The molecule has 0 radical (unpaired) electrons. The second-order valence-electron chi connectivity index (χ2n) is 6.25. The molecule has 7 heteroatoms. The van der Waals surface area contributed by atoms with E-state index in [4.69, 9.17) is 0 Å². The Morgan fingerprint density at radius 3 is 2.88 bits per heavy atom. The minimum atomic E-state index is -0.483. The first kappa shape index (κ1) is 14.9. The molecule has 1 aromatic carbocycles. The lowest BCUT2D eigenvalue weighted by Crippen LogP contribution is -2.28. The van der Waals surface area contributed by atoms with Gasteiger partial charge in [0.15, 0.2) is 5.82 Å². The summed E-state index contributed by atoms with van der Waals surface area (Å²) in [6, 6.07) is 7.60. The molecule has 0 bridgehead atoms. The van der Waals surface area contributed by atoms with E-state index in [-0.39, 0.29) is 0 Å². The summed E-state index contributed by atoms with van der Waals surface area (Å²) in [6.45, 7) is 2.08. The average molecular weight is 325 g/mol. The second kappa shape index (κ2) is 5.76. The van der Waals surface area contributed by atoms with Crippen LogP contribution in [0.3, 0.4) is 0 Å². The summed E-state index contributed by atoms with van der Waals surface area (Å²) in [5, 5.41) is 8.81. The third kappa shape index (κ3) is 2.46. The van der Waals surface area contributed by atoms with E-state index in [1.807, 2.05) is 13.1 Å². The van der Waals surface area contributed by atoms with E-state index in [0.717, 1.165) is 24.0 Å². The van der Waals surface area contributed by atoms with Crippen molar-refractivity contribution in [2.75, 3.05) is 13.1 Å². The molecule has 2 N–H and O–H groups in total. The summed E-state index contributed by atoms with van der Waals surface area (Å²) in [5.74, 6) is 1.04. The zero-order valence-corrected chi connectivity index (χ0v) is 13.5. The Balaban J connectivity index is 1.84. The molecule has 0 amide bonds. The van der Waals surface area contributed by atoms with Crippen LogP contribution in [0.15, 0.2) is 40.1 Å². The third-order valence-electron chi connectivity index (χ3n) is 4.68. The molecule has 1 atom stereocenters. The van der Waals surface area contributed by atoms with Gasteiger partial charge in [0, 0.05) is 31.2 Å². The van der Waals surface area contributed by atoms with Crippen LogP contribution in [0.5, 0.6) is 0 Å². The molecule has 0 spiro atoms. The van der Waals surface area contributed by atoms with Crippen LogP contribution in [0.1, 0.15) is 24.3 Å². The second-order valence-corrected chi connectivity index (χ2v) is 6.25. The molecule has 1 saturated heterocycles. The fraction of sp³-hybridized carbons (Fsp3) is 0.353. The summed E-state index contributed by atoms with van der Waals surface area (Å²) in [4.78, 5) is 25.6. The number of nitrogens with one attached hydrogen (secondary N) is 2. The van der Waals surface area contributed by atoms with E-state index < -0.39 is 11.2 Å². The van der Waals surface area contributed by atoms with E-state index in [0.29, 0.717) is 11.7 Å². The molecule has 0 aliphatic carbocycles. The Hall–Kier alpha value is -2.67. The van der Waals surface area contributed by atoms with Crippen molar-refractivity contribution in [1.82, 2.24) is 24.6 Å². The van der Waals surface area contributed by atoms with E-state index in [1.54, 1.807) is 4.68 Å². The normalized spacial score (nSPS) is 18.1. The lowest BCUT2D eigenvalue weighted by atomic mass is 9.91. The van der Waals surface area contributed by atoms with Crippen LogP contribution in [0, 0.1) is 0 Å². The molecule has 4 rings (SSSR count). The van der Waals surface area contributed by atoms with Gasteiger partial charge in [-0.1, -0.05) is 6.07 Å². The Morgan fingerprint density at radius 2 is 2.12 bits per heavy atom. The van der Waals surface area contributed by atoms with Gasteiger partial charge < -0.3 is 5.32 Å². The predicted octanol–water partition coefficient (Wildman–Crippen LogP) is 0.879. The molecular formula is C17H19N5O2. The standard InChI is InChI=1S/C17H19N5O2/c1-21-14-9-11(12-3-2-7-18-10-12)4-5-13(14)16(20-21)22-8-6-15(23)19-17(22)24/h4-6,8-9,12,18H,2-3,7,10H2,1H3,(H,19,23,24). The van der Waals surface area contributed by atoms with Gasteiger partial charge in [0.1, 0.15) is 0 Å². The lowest BCUT2D eigenvalue weighted by Gasteiger charge is -2.23. The number of fused-ring (bicyclic) bond motifs is 1. The lowest BCUT2D eigenvalue weighted by molar-refractivity contribution is 0.462. The Bertz CT molecular complexity index is 1010. The van der Waals surface area contributed by atoms with Crippen molar-refractivity contribution >= 4 is 10.9 Å². The Labute approximate surface area is 137 Å². The number of aromatic amines is 1. The summed E-state index contributed by atoms with van der Waals surface area (Å²) < 4.78 is 3.15. The van der Waals surface area contributed by atoms with Crippen molar-refractivity contribution < 1.29 is 0 Å². The van der Waals surface area contributed by atoms with E-state index >= 15 is 0 Å². The first-order valence-electron chi connectivity index (χ1n) is 8.13. The zero-order chi connectivity index (χ0) is 16.7. The average Bonchev–Trinajstić information content (AvgIpc) is 2.92. The maximum absolute atomic E-state index is 12.1. The topological polar surface area (TPSA) is 84.7 Å². The van der Waals surface area contributed by atoms with Gasteiger partial charge in [0.05, 0.1) is 5.52 Å². The van der Waals surface area contributed by atoms with Gasteiger partial charge in [-0.25, -0.2) is 4.79 Å². The van der Waals surface area contributed by atoms with Gasteiger partial charge >= 0.3 is 5.69 Å². The van der Waals surface area contributed by atoms with Crippen molar-refractivity contribution in [3.63, 3.8) is 0 Å². The smallest absolute Gasteiger partial charge is 0.316 e. The zero-order valence-electron chi connectivity index (χ0n) is 13.5. The number of aryl methyl sites for hydroxylation is 1. The number of benzene rings is 1. The molecule has 1 aliphatic heterocycles. The molecule has 7 nitrogen and oxygen atoms in total. The minimum absolute atomic E-state index is 0.413. The third-order valence-corrected chi connectivity index (χ3v) is 4.68. The number of rotatable bonds is 2. The fourth-order valence-electron chi connectivity index (χ4n) is 3.41. The van der Waals surface area contributed by atoms with Crippen molar-refractivity contribution in [3.05, 3.63) is 56.9 Å². The SMILES string of the molecule is Cn1nc(-n2ccc(=O)[nH]c2=O)c2ccc(C3CCCNC3)cc21. The highest BCUT2D eigenvalue weighted by Gasteiger charge is 2.18. The Morgan fingerprint density at radius 1 is 1.25 bits per heavy atom. The monoisotopic (exact) mass is 325 g/mol. The van der Waals surface area contributed by atoms with Gasteiger partial charge in [0.2, 0.25) is 0 Å². The van der Waals surface area contributed by atoms with Gasteiger partial charge in [-0.05, 0) is 43.0 Å². The van der Waals surface area contributed by atoms with Gasteiger partial charge in [-0.2, -0.15) is 5.10 Å². The predicted molar refractivity (Wildman–Crippen MR) is 91.8 cm³/mol. The summed E-state index contributed by atoms with van der Waals surface area (Å²) in [6.07, 6.45) is 3.83. The number of piperidine rings is 1. The molecule has 24 heavy (non-hydrogen) atoms. The van der Waals surface area contributed by atoms with Crippen LogP contribution < -0.4 is 16.6 Å². The number of hydrogen-bond acceptors (Lipinski definition) is 4. The van der Waals surface area contributed by atoms with E-state index in [2.05, 4.69) is 27.5 Å². The molecule has 2 aromatic heterocycles. The molecule has 3 aromatic rings. The molecule has 1 aliphatic rings. The van der Waals surface area contributed by atoms with E-state index in [9.17, 15) is 9.59 Å². The molecule has 124 valence electrons. The van der Waals surface area contributed by atoms with Gasteiger partial charge in [0.25, 0.3) is 5.56 Å². The highest BCUT2D eigenvalue weighted by molar-refractivity contribution is 5.87. The van der Waals surface area contributed by atoms with Crippen LogP contribution in [0.4, 0.5) is 0 Å². The van der Waals surface area contributed by atoms with Gasteiger partial charge in [-0.15, -0.1) is 0 Å². The van der Waals surface area contributed by atoms with Crippen molar-refractivity contribution in [3.8, 4) is 5.82 Å². The molecule has 0 saturated carbocycles. The largest absolute Gasteiger partial charge is 0.334 e. The van der Waals surface area contributed by atoms with Crippen molar-refractivity contribution in [2.24, 2.45) is 7.05 Å². The first-order valence-corrected chi connectivity index (χ1v) is 8.13. The molecule has 1 unspecified atom stereocenters. The maximum atomic E-state index is 12.1. The summed E-state index contributed by atoms with van der Waals surface area (Å²) >= 11 is 0. The van der Waals surface area contributed by atoms with Crippen LogP contribution >= 0.6 is 0 Å². The number of hydrogen-bond donors (Lipinski definition) is 2. The summed E-state index contributed by atoms with van der Waals surface area (Å²) in [5.41, 5.74) is 1.37. The minimum Gasteiger partial charge on any atom is -0.316 e. The number of aromatic nitrogens is 4. The van der Waals surface area contributed by atoms with Crippen LogP contribution in [0.2, 0.25) is 0 Å². The molecular weight excluding hydrogens is 306 g/mol. The number of H-pyrrole nitrogens is 1. The van der Waals surface area contributed by atoms with Crippen molar-refractivity contribution in [2.45, 2.75) is 18.8 Å². The highest BCUT2D eigenvalue weighted by atomic mass is 16.2. The Kier molecular flexibility index (Phi) is 3.57. The van der Waals surface area contributed by atoms with Crippen LogP contribution in [0.25, 0.3) is 16.7 Å². The highest BCUT2D eigenvalue weighted by Crippen LogP contribution is 2.28. The van der Waals surface area contributed by atoms with Gasteiger partial charge in [-0.3, -0.25) is 19.0 Å². The quantitative estimate of drug-likeness (QED) is 0.732. The fourth-order valence-corrected chi connectivity index (χ4v) is 3.41. The molecule has 1 fully saturated rings. The summed E-state index contributed by atoms with van der Waals surface area (Å²) in [7, 11) is 1.87. The van der Waals surface area contributed by atoms with Crippen molar-refractivity contribution in [1.29, 1.82) is 0 Å². The van der Waals surface area contributed by atoms with E-state index in [1.165, 1.54) is 35.2 Å². The number of nitrogens with zero attached hydrogens (tertiary/aromatic N) is 3. The van der Waals surface area contributed by atoms with Crippen LogP contribution in [-0.2, 0) is 7.05 Å².